The highest BCUT2D eigenvalue weighted by Gasteiger charge is 2.11. The number of hydrogen-bond donors (Lipinski definition) is 1. The second-order valence-electron chi connectivity index (χ2n) is 6.92. The molecule has 0 saturated carbocycles. The highest BCUT2D eigenvalue weighted by molar-refractivity contribution is 7.14. The highest BCUT2D eigenvalue weighted by Crippen LogP contribution is 2.33. The van der Waals surface area contributed by atoms with Gasteiger partial charge in [-0.3, -0.25) is 9.78 Å². The number of rotatable bonds is 10. The summed E-state index contributed by atoms with van der Waals surface area (Å²) < 4.78 is 10.7. The van der Waals surface area contributed by atoms with Gasteiger partial charge in [-0.25, -0.2) is 4.98 Å². The summed E-state index contributed by atoms with van der Waals surface area (Å²) in [6, 6.07) is 7.60. The number of amides is 1. The van der Waals surface area contributed by atoms with Crippen molar-refractivity contribution in [1.82, 2.24) is 9.97 Å². The third-order valence-corrected chi connectivity index (χ3v) is 5.66. The summed E-state index contributed by atoms with van der Waals surface area (Å²) in [6.45, 7) is 2.16. The molecule has 1 N–H and O–H groups in total. The molecule has 3 aromatic rings. The molecular weight excluding hydrogens is 398 g/mol. The lowest BCUT2D eigenvalue weighted by molar-refractivity contribution is -0.116. The monoisotopic (exact) mass is 425 g/mol. The first-order valence-electron chi connectivity index (χ1n) is 10.1. The molecule has 158 valence electrons. The van der Waals surface area contributed by atoms with Crippen molar-refractivity contribution in [3.63, 3.8) is 0 Å². The Morgan fingerprint density at radius 2 is 1.83 bits per heavy atom. The fourth-order valence-electron chi connectivity index (χ4n) is 3.09. The van der Waals surface area contributed by atoms with Crippen molar-refractivity contribution >= 4 is 22.9 Å². The van der Waals surface area contributed by atoms with Crippen LogP contribution in [0.5, 0.6) is 11.5 Å². The lowest BCUT2D eigenvalue weighted by Gasteiger charge is -2.09. The third kappa shape index (κ3) is 5.57. The number of nitrogens with zero attached hydrogens (tertiary/aromatic N) is 2. The number of unbranched alkanes of at least 4 members (excludes halogenated alkanes) is 3. The van der Waals surface area contributed by atoms with E-state index in [2.05, 4.69) is 17.2 Å². The second kappa shape index (κ2) is 10.7. The van der Waals surface area contributed by atoms with Gasteiger partial charge in [0.05, 0.1) is 48.6 Å². The fourth-order valence-corrected chi connectivity index (χ4v) is 3.89. The van der Waals surface area contributed by atoms with Gasteiger partial charge in [-0.05, 0) is 30.7 Å². The van der Waals surface area contributed by atoms with Crippen molar-refractivity contribution in [2.45, 2.75) is 39.0 Å². The van der Waals surface area contributed by atoms with E-state index in [0.29, 0.717) is 17.9 Å². The zero-order chi connectivity index (χ0) is 21.3. The zero-order valence-corrected chi connectivity index (χ0v) is 18.4. The Hall–Kier alpha value is -2.93. The summed E-state index contributed by atoms with van der Waals surface area (Å²) in [5, 5.41) is 4.91. The van der Waals surface area contributed by atoms with E-state index < -0.39 is 0 Å². The van der Waals surface area contributed by atoms with E-state index in [1.54, 1.807) is 26.6 Å². The molecular formula is C23H27N3O3S. The summed E-state index contributed by atoms with van der Waals surface area (Å²) in [4.78, 5) is 22.2. The fraction of sp³-hybridized carbons (Fsp3) is 0.348. The van der Waals surface area contributed by atoms with Gasteiger partial charge in [0, 0.05) is 17.4 Å². The molecule has 0 aliphatic rings. The minimum atomic E-state index is 0.0561. The average molecular weight is 426 g/mol. The molecule has 1 aromatic carbocycles. The van der Waals surface area contributed by atoms with Crippen molar-refractivity contribution in [3.8, 4) is 33.3 Å². The lowest BCUT2D eigenvalue weighted by Crippen LogP contribution is -2.10. The van der Waals surface area contributed by atoms with Crippen LogP contribution in [0.2, 0.25) is 0 Å². The van der Waals surface area contributed by atoms with Gasteiger partial charge >= 0.3 is 0 Å². The van der Waals surface area contributed by atoms with Gasteiger partial charge < -0.3 is 14.8 Å². The molecule has 0 unspecified atom stereocenters. The molecule has 0 bridgehead atoms. The minimum absolute atomic E-state index is 0.0561. The van der Waals surface area contributed by atoms with Crippen molar-refractivity contribution in [1.29, 1.82) is 0 Å². The number of carbonyl (C=O) groups excluding carboxylic acids is 1. The van der Waals surface area contributed by atoms with E-state index in [1.807, 2.05) is 29.6 Å². The van der Waals surface area contributed by atoms with E-state index in [-0.39, 0.29) is 5.91 Å². The summed E-state index contributed by atoms with van der Waals surface area (Å²) in [7, 11) is 3.21. The van der Waals surface area contributed by atoms with Crippen molar-refractivity contribution in [3.05, 3.63) is 42.0 Å². The van der Waals surface area contributed by atoms with Gasteiger partial charge in [0.1, 0.15) is 0 Å². The number of thiophene rings is 1. The molecule has 6 nitrogen and oxygen atoms in total. The van der Waals surface area contributed by atoms with E-state index in [0.717, 1.165) is 40.4 Å². The van der Waals surface area contributed by atoms with Crippen LogP contribution in [-0.2, 0) is 4.79 Å². The normalized spacial score (nSPS) is 10.6. The predicted molar refractivity (Wildman–Crippen MR) is 121 cm³/mol. The molecule has 3 rings (SSSR count). The summed E-state index contributed by atoms with van der Waals surface area (Å²) >= 11 is 1.53. The van der Waals surface area contributed by atoms with Crippen LogP contribution < -0.4 is 14.8 Å². The third-order valence-electron chi connectivity index (χ3n) is 4.71. The lowest BCUT2D eigenvalue weighted by atomic mass is 10.1. The number of ether oxygens (including phenoxy) is 2. The molecule has 0 atom stereocenters. The summed E-state index contributed by atoms with van der Waals surface area (Å²) in [6.07, 6.45) is 8.36. The van der Waals surface area contributed by atoms with E-state index in [1.165, 1.54) is 24.2 Å². The van der Waals surface area contributed by atoms with Crippen LogP contribution in [-0.4, -0.2) is 30.1 Å². The highest BCUT2D eigenvalue weighted by atomic mass is 32.1. The summed E-state index contributed by atoms with van der Waals surface area (Å²) in [5.41, 5.74) is 3.19. The first-order chi connectivity index (χ1) is 14.6. The molecule has 0 aliphatic carbocycles. The molecule has 2 heterocycles. The maximum atomic E-state index is 12.1. The van der Waals surface area contributed by atoms with Gasteiger partial charge in [0.15, 0.2) is 11.5 Å². The Balaban J connectivity index is 1.72. The number of nitrogens with one attached hydrogen (secondary N) is 1. The average Bonchev–Trinajstić information content (AvgIpc) is 3.24. The molecule has 0 radical (unpaired) electrons. The Labute approximate surface area is 181 Å². The summed E-state index contributed by atoms with van der Waals surface area (Å²) in [5.74, 6) is 1.36. The van der Waals surface area contributed by atoms with Crippen LogP contribution in [0.3, 0.4) is 0 Å². The van der Waals surface area contributed by atoms with Crippen LogP contribution in [0.25, 0.3) is 21.8 Å². The van der Waals surface area contributed by atoms with Crippen LogP contribution >= 0.6 is 11.3 Å². The van der Waals surface area contributed by atoms with Crippen molar-refractivity contribution < 1.29 is 14.3 Å². The number of hydrogen-bond acceptors (Lipinski definition) is 6. The van der Waals surface area contributed by atoms with Gasteiger partial charge in [-0.1, -0.05) is 26.2 Å². The largest absolute Gasteiger partial charge is 0.493 e. The van der Waals surface area contributed by atoms with Gasteiger partial charge in [-0.2, -0.15) is 0 Å². The molecule has 0 spiro atoms. The number of aromatic nitrogens is 2. The number of carbonyl (C=O) groups is 1. The van der Waals surface area contributed by atoms with Crippen LogP contribution in [0.15, 0.2) is 42.0 Å². The molecule has 1 amide bonds. The van der Waals surface area contributed by atoms with Crippen LogP contribution in [0.1, 0.15) is 39.0 Å². The van der Waals surface area contributed by atoms with Crippen molar-refractivity contribution in [2.75, 3.05) is 19.5 Å². The minimum Gasteiger partial charge on any atom is -0.493 e. The molecule has 0 fully saturated rings. The first kappa shape index (κ1) is 21.8. The zero-order valence-electron chi connectivity index (χ0n) is 17.6. The second-order valence-corrected chi connectivity index (χ2v) is 7.83. The van der Waals surface area contributed by atoms with Gasteiger partial charge in [-0.15, -0.1) is 11.3 Å². The molecule has 7 heteroatoms. The number of benzene rings is 1. The molecule has 0 aliphatic heterocycles. The van der Waals surface area contributed by atoms with Crippen molar-refractivity contribution in [2.24, 2.45) is 0 Å². The Morgan fingerprint density at radius 1 is 1.03 bits per heavy atom. The topological polar surface area (TPSA) is 73.3 Å². The molecule has 0 saturated heterocycles. The standard InChI is InChI=1S/C23H27N3O3S/c1-4-5-6-7-8-23(27)25-17-12-22(30-15-17)19-14-24-13-18(26-19)16-9-10-20(28-2)21(11-16)29-3/h9-15H,4-8H2,1-3H3,(H,25,27). The first-order valence-corrected chi connectivity index (χ1v) is 11.0. The smallest absolute Gasteiger partial charge is 0.224 e. The number of methoxy groups -OCH3 is 2. The maximum Gasteiger partial charge on any atom is 0.224 e. The maximum absolute atomic E-state index is 12.1. The van der Waals surface area contributed by atoms with E-state index >= 15 is 0 Å². The molecule has 30 heavy (non-hydrogen) atoms. The van der Waals surface area contributed by atoms with Crippen LogP contribution in [0.4, 0.5) is 5.69 Å². The Bertz CT molecular complexity index is 987. The van der Waals surface area contributed by atoms with Gasteiger partial charge in [0.2, 0.25) is 5.91 Å². The SMILES string of the molecule is CCCCCCC(=O)Nc1csc(-c2cncc(-c3ccc(OC)c(OC)c3)n2)c1. The Kier molecular flexibility index (Phi) is 7.79. The Morgan fingerprint density at radius 3 is 2.60 bits per heavy atom. The van der Waals surface area contributed by atoms with Crippen LogP contribution in [0, 0.1) is 0 Å². The molecule has 2 aromatic heterocycles. The van der Waals surface area contributed by atoms with E-state index in [9.17, 15) is 4.79 Å². The van der Waals surface area contributed by atoms with E-state index in [4.69, 9.17) is 14.5 Å². The predicted octanol–water partition coefficient (Wildman–Crippen LogP) is 5.80. The number of anilines is 1. The quantitative estimate of drug-likeness (QED) is 0.416. The van der Waals surface area contributed by atoms with Gasteiger partial charge in [0.25, 0.3) is 0 Å².